The number of benzene rings is 2. The van der Waals surface area contributed by atoms with Crippen LogP contribution in [0.15, 0.2) is 63.9 Å². The molecule has 0 spiro atoms. The predicted molar refractivity (Wildman–Crippen MR) is 74.5 cm³/mol. The Hall–Kier alpha value is -2.95. The molecule has 0 amide bonds. The van der Waals surface area contributed by atoms with E-state index >= 15 is 0 Å². The molecule has 0 aliphatic heterocycles. The third-order valence-electron chi connectivity index (χ3n) is 3.17. The van der Waals surface area contributed by atoms with E-state index in [1.165, 1.54) is 4.57 Å². The zero-order chi connectivity index (χ0) is 13.5. The van der Waals surface area contributed by atoms with E-state index in [0.717, 1.165) is 22.2 Å². The summed E-state index contributed by atoms with van der Waals surface area (Å²) in [5.74, 6) is -0.377. The summed E-state index contributed by atoms with van der Waals surface area (Å²) in [6, 6.07) is 17.4. The molecule has 96 valence electrons. The van der Waals surface area contributed by atoms with Gasteiger partial charge in [0.15, 0.2) is 0 Å². The predicted octanol–water partition coefficient (Wildman–Crippen LogP) is 2.50. The molecule has 0 bridgehead atoms. The van der Waals surface area contributed by atoms with E-state index in [1.54, 1.807) is 0 Å². The van der Waals surface area contributed by atoms with Gasteiger partial charge in [-0.25, -0.2) is 9.78 Å². The zero-order valence-corrected chi connectivity index (χ0v) is 10.4. The quantitative estimate of drug-likeness (QED) is 0.529. The van der Waals surface area contributed by atoms with E-state index < -0.39 is 5.76 Å². The third-order valence-corrected chi connectivity index (χ3v) is 3.17. The van der Waals surface area contributed by atoms with Gasteiger partial charge in [-0.3, -0.25) is 0 Å². The molecule has 0 unspecified atom stereocenters. The summed E-state index contributed by atoms with van der Waals surface area (Å²) in [6.45, 7) is 0. The maximum atomic E-state index is 11.4. The van der Waals surface area contributed by atoms with Crippen LogP contribution in [0, 0.1) is 0 Å². The molecule has 0 atom stereocenters. The molecule has 5 heteroatoms. The maximum absolute atomic E-state index is 11.4. The van der Waals surface area contributed by atoms with Crippen molar-refractivity contribution in [1.82, 2.24) is 14.5 Å². The van der Waals surface area contributed by atoms with Crippen molar-refractivity contribution in [1.29, 1.82) is 0 Å². The second-order valence-corrected chi connectivity index (χ2v) is 4.41. The molecule has 4 aromatic rings. The van der Waals surface area contributed by atoms with Crippen LogP contribution in [0.2, 0.25) is 0 Å². The first-order valence-electron chi connectivity index (χ1n) is 6.17. The van der Waals surface area contributed by atoms with E-state index in [1.807, 2.05) is 54.6 Å². The van der Waals surface area contributed by atoms with Crippen molar-refractivity contribution in [2.45, 2.75) is 0 Å². The monoisotopic (exact) mass is 263 g/mol. The first kappa shape index (κ1) is 10.9. The number of hydrogen-bond acceptors (Lipinski definition) is 4. The summed E-state index contributed by atoms with van der Waals surface area (Å²) >= 11 is 0. The lowest BCUT2D eigenvalue weighted by Crippen LogP contribution is -1.96. The summed E-state index contributed by atoms with van der Waals surface area (Å²) in [6.07, 6.45) is 0. The Kier molecular flexibility index (Phi) is 2.20. The van der Waals surface area contributed by atoms with Crippen molar-refractivity contribution in [2.75, 3.05) is 0 Å². The summed E-state index contributed by atoms with van der Waals surface area (Å²) in [5, 5.41) is 0.910. The average Bonchev–Trinajstić information content (AvgIpc) is 2.85. The molecule has 0 radical (unpaired) electrons. The van der Waals surface area contributed by atoms with E-state index in [0.29, 0.717) is 0 Å². The first-order chi connectivity index (χ1) is 9.83. The highest BCUT2D eigenvalue weighted by Gasteiger charge is 2.14. The Bertz CT molecular complexity index is 971. The number of nitrogens with zero attached hydrogens (tertiary/aromatic N) is 3. The van der Waals surface area contributed by atoms with Gasteiger partial charge in [0.1, 0.15) is 5.69 Å². The fourth-order valence-electron chi connectivity index (χ4n) is 2.34. The number of fused-ring (bicyclic) bond motifs is 2. The number of para-hydroxylation sites is 1. The van der Waals surface area contributed by atoms with E-state index in [-0.39, 0.29) is 5.78 Å². The van der Waals surface area contributed by atoms with Gasteiger partial charge < -0.3 is 4.52 Å². The molecule has 2 aromatic heterocycles. The summed E-state index contributed by atoms with van der Waals surface area (Å²) in [7, 11) is 0. The molecule has 0 N–H and O–H groups in total. The highest BCUT2D eigenvalue weighted by atomic mass is 16.5. The van der Waals surface area contributed by atoms with E-state index in [4.69, 9.17) is 4.52 Å². The van der Waals surface area contributed by atoms with Gasteiger partial charge >= 0.3 is 5.76 Å². The molecule has 0 fully saturated rings. The smallest absolute Gasteiger partial charge is 0.312 e. The third kappa shape index (κ3) is 1.53. The number of hydrogen-bond donors (Lipinski definition) is 0. The second kappa shape index (κ2) is 4.03. The molecule has 20 heavy (non-hydrogen) atoms. The minimum absolute atomic E-state index is 0.271. The second-order valence-electron chi connectivity index (χ2n) is 4.41. The normalized spacial score (nSPS) is 11.2. The van der Waals surface area contributed by atoms with Crippen molar-refractivity contribution >= 4 is 16.7 Å². The van der Waals surface area contributed by atoms with Crippen molar-refractivity contribution in [3.63, 3.8) is 0 Å². The average molecular weight is 263 g/mol. The Balaban J connectivity index is 2.26. The van der Waals surface area contributed by atoms with Gasteiger partial charge in [0, 0.05) is 10.9 Å². The summed E-state index contributed by atoms with van der Waals surface area (Å²) < 4.78 is 6.54. The van der Waals surface area contributed by atoms with Crippen LogP contribution in [0.1, 0.15) is 0 Å². The molecule has 0 aliphatic rings. The van der Waals surface area contributed by atoms with E-state index in [2.05, 4.69) is 9.97 Å². The van der Waals surface area contributed by atoms with Gasteiger partial charge in [0.05, 0.1) is 5.52 Å². The van der Waals surface area contributed by atoms with Gasteiger partial charge in [-0.2, -0.15) is 0 Å². The molecule has 5 nitrogen and oxygen atoms in total. The lowest BCUT2D eigenvalue weighted by Gasteiger charge is -2.07. The van der Waals surface area contributed by atoms with Crippen LogP contribution in [-0.2, 0) is 0 Å². The number of rotatable bonds is 1. The van der Waals surface area contributed by atoms with Crippen LogP contribution in [0.4, 0.5) is 0 Å². The summed E-state index contributed by atoms with van der Waals surface area (Å²) in [5.41, 5.74) is 2.50. The van der Waals surface area contributed by atoms with Crippen LogP contribution in [0.25, 0.3) is 27.9 Å². The van der Waals surface area contributed by atoms with Crippen molar-refractivity contribution in [3.8, 4) is 11.3 Å². The topological polar surface area (TPSA) is 60.4 Å². The van der Waals surface area contributed by atoms with Crippen LogP contribution < -0.4 is 5.76 Å². The van der Waals surface area contributed by atoms with Gasteiger partial charge in [-0.15, -0.1) is 9.56 Å². The van der Waals surface area contributed by atoms with E-state index in [9.17, 15) is 4.79 Å². The lowest BCUT2D eigenvalue weighted by atomic mass is 10.1. The van der Waals surface area contributed by atoms with Crippen LogP contribution in [0.3, 0.4) is 0 Å². The first-order valence-corrected chi connectivity index (χ1v) is 6.17. The molecule has 2 aromatic carbocycles. The molecular formula is C15H9N3O2. The lowest BCUT2D eigenvalue weighted by molar-refractivity contribution is 0.348. The molecular weight excluding hydrogens is 254 g/mol. The molecule has 0 saturated heterocycles. The highest BCUT2D eigenvalue weighted by Crippen LogP contribution is 2.27. The largest absolute Gasteiger partial charge is 0.461 e. The van der Waals surface area contributed by atoms with Gasteiger partial charge in [0.2, 0.25) is 0 Å². The Morgan fingerprint density at radius 3 is 2.50 bits per heavy atom. The maximum Gasteiger partial charge on any atom is 0.461 e. The van der Waals surface area contributed by atoms with Crippen molar-refractivity contribution in [3.05, 3.63) is 65.1 Å². The van der Waals surface area contributed by atoms with Crippen LogP contribution >= 0.6 is 0 Å². The molecule has 0 aliphatic carbocycles. The fourth-order valence-corrected chi connectivity index (χ4v) is 2.34. The standard InChI is InChI=1S/C15H9N3O2/c19-15-17-14-16-12-9-5-4-8-11(12)13(18(14)20-15)10-6-2-1-3-7-10/h1-9H. The van der Waals surface area contributed by atoms with Crippen molar-refractivity contribution < 1.29 is 4.52 Å². The SMILES string of the molecule is O=c1nc2nc3ccccc3c(-c3ccccc3)n2o1. The fraction of sp³-hybridized carbons (Fsp3) is 0. The minimum Gasteiger partial charge on any atom is -0.312 e. The Morgan fingerprint density at radius 2 is 1.65 bits per heavy atom. The molecule has 0 saturated carbocycles. The Labute approximate surface area is 113 Å². The summed E-state index contributed by atoms with van der Waals surface area (Å²) in [4.78, 5) is 19.5. The Morgan fingerprint density at radius 1 is 0.900 bits per heavy atom. The number of aromatic nitrogens is 3. The highest BCUT2D eigenvalue weighted by molar-refractivity contribution is 5.93. The van der Waals surface area contributed by atoms with Crippen LogP contribution in [0.5, 0.6) is 0 Å². The van der Waals surface area contributed by atoms with Crippen LogP contribution in [-0.4, -0.2) is 14.5 Å². The van der Waals surface area contributed by atoms with Gasteiger partial charge in [-0.1, -0.05) is 48.5 Å². The van der Waals surface area contributed by atoms with Gasteiger partial charge in [0.25, 0.3) is 5.78 Å². The zero-order valence-electron chi connectivity index (χ0n) is 10.4. The van der Waals surface area contributed by atoms with Crippen molar-refractivity contribution in [2.24, 2.45) is 0 Å². The minimum atomic E-state index is -0.648. The molecule has 2 heterocycles. The van der Waals surface area contributed by atoms with Gasteiger partial charge in [-0.05, 0) is 6.07 Å². The molecule has 4 rings (SSSR count).